The topological polar surface area (TPSA) is 151 Å². The van der Waals surface area contributed by atoms with Crippen LogP contribution in [0.2, 0.25) is 0 Å². The third-order valence-electron chi connectivity index (χ3n) is 3.23. The van der Waals surface area contributed by atoms with Gasteiger partial charge in [0.2, 0.25) is 11.6 Å². The van der Waals surface area contributed by atoms with Gasteiger partial charge in [-0.3, -0.25) is 0 Å². The zero-order chi connectivity index (χ0) is 17.3. The third kappa shape index (κ3) is 2.37. The molecule has 0 saturated carbocycles. The predicted molar refractivity (Wildman–Crippen MR) is 79.1 cm³/mol. The molecule has 124 valence electrons. The Morgan fingerprint density at radius 3 is 2.58 bits per heavy atom. The standard InChI is InChI=1S/C13H12N6O5/c1-22-7-4-3-6(5-8(7)23-2)10-9(13(20)21)15-18-19(10)12-11(14)16-24-17-12/h3-5H,1-2H3,(H2,14,16)(H,20,21). The molecule has 0 bridgehead atoms. The summed E-state index contributed by atoms with van der Waals surface area (Å²) in [4.78, 5) is 11.5. The number of ether oxygens (including phenoxy) is 2. The highest BCUT2D eigenvalue weighted by molar-refractivity contribution is 5.93. The first-order chi connectivity index (χ1) is 11.6. The van der Waals surface area contributed by atoms with E-state index in [2.05, 4.69) is 25.3 Å². The van der Waals surface area contributed by atoms with Crippen LogP contribution in [0.25, 0.3) is 17.1 Å². The van der Waals surface area contributed by atoms with E-state index in [1.165, 1.54) is 14.2 Å². The molecule has 1 aromatic carbocycles. The Balaban J connectivity index is 2.25. The molecule has 24 heavy (non-hydrogen) atoms. The number of nitrogen functional groups attached to an aromatic ring is 1. The van der Waals surface area contributed by atoms with Gasteiger partial charge >= 0.3 is 5.97 Å². The first-order valence-electron chi connectivity index (χ1n) is 6.56. The van der Waals surface area contributed by atoms with E-state index in [1.54, 1.807) is 18.2 Å². The average Bonchev–Trinajstić information content (AvgIpc) is 3.19. The smallest absolute Gasteiger partial charge is 0.358 e. The minimum Gasteiger partial charge on any atom is -0.493 e. The molecule has 3 N–H and O–H groups in total. The fourth-order valence-corrected chi connectivity index (χ4v) is 2.15. The Bertz CT molecular complexity index is 902. The number of aromatic carboxylic acids is 1. The van der Waals surface area contributed by atoms with Gasteiger partial charge in [-0.05, 0) is 28.5 Å². The van der Waals surface area contributed by atoms with Crippen LogP contribution < -0.4 is 15.2 Å². The fraction of sp³-hybridized carbons (Fsp3) is 0.154. The molecule has 0 spiro atoms. The minimum absolute atomic E-state index is 0.0276. The van der Waals surface area contributed by atoms with Crippen molar-refractivity contribution in [3.63, 3.8) is 0 Å². The summed E-state index contributed by atoms with van der Waals surface area (Å²) in [6.45, 7) is 0. The number of hydrogen-bond acceptors (Lipinski definition) is 9. The van der Waals surface area contributed by atoms with Gasteiger partial charge in [-0.15, -0.1) is 5.10 Å². The van der Waals surface area contributed by atoms with E-state index in [1.807, 2.05) is 0 Å². The highest BCUT2D eigenvalue weighted by Crippen LogP contribution is 2.34. The van der Waals surface area contributed by atoms with Crippen molar-refractivity contribution in [2.45, 2.75) is 0 Å². The predicted octanol–water partition coefficient (Wildman–Crippen LogP) is 0.615. The summed E-state index contributed by atoms with van der Waals surface area (Å²) in [6.07, 6.45) is 0. The summed E-state index contributed by atoms with van der Waals surface area (Å²) in [7, 11) is 2.96. The molecule has 11 heteroatoms. The molecule has 0 aliphatic rings. The number of benzene rings is 1. The van der Waals surface area contributed by atoms with Gasteiger partial charge in [0.25, 0.3) is 0 Å². The van der Waals surface area contributed by atoms with Crippen LogP contribution in [0, 0.1) is 0 Å². The van der Waals surface area contributed by atoms with E-state index < -0.39 is 5.97 Å². The van der Waals surface area contributed by atoms with Crippen molar-refractivity contribution in [2.75, 3.05) is 20.0 Å². The number of methoxy groups -OCH3 is 2. The first kappa shape index (κ1) is 15.3. The van der Waals surface area contributed by atoms with Crippen LogP contribution in [0.3, 0.4) is 0 Å². The minimum atomic E-state index is -1.26. The van der Waals surface area contributed by atoms with Gasteiger partial charge < -0.3 is 20.3 Å². The maximum atomic E-state index is 11.5. The molecule has 0 fully saturated rings. The van der Waals surface area contributed by atoms with Crippen molar-refractivity contribution in [3.8, 4) is 28.6 Å². The number of aromatic nitrogens is 5. The normalized spacial score (nSPS) is 10.6. The second-order valence-corrected chi connectivity index (χ2v) is 4.55. The molecule has 2 heterocycles. The van der Waals surface area contributed by atoms with Crippen LogP contribution in [0.4, 0.5) is 5.82 Å². The van der Waals surface area contributed by atoms with Gasteiger partial charge in [0.15, 0.2) is 17.2 Å². The Morgan fingerprint density at radius 2 is 2.00 bits per heavy atom. The van der Waals surface area contributed by atoms with Crippen LogP contribution in [-0.4, -0.2) is 50.6 Å². The molecule has 0 amide bonds. The van der Waals surface area contributed by atoms with Crippen molar-refractivity contribution < 1.29 is 24.0 Å². The summed E-state index contributed by atoms with van der Waals surface area (Å²) >= 11 is 0. The molecule has 0 radical (unpaired) electrons. The quantitative estimate of drug-likeness (QED) is 0.679. The number of carboxylic acid groups (broad SMARTS) is 1. The Kier molecular flexibility index (Phi) is 3.74. The van der Waals surface area contributed by atoms with Crippen molar-refractivity contribution >= 4 is 11.8 Å². The van der Waals surface area contributed by atoms with Crippen LogP contribution in [0.15, 0.2) is 22.8 Å². The Morgan fingerprint density at radius 1 is 1.25 bits per heavy atom. The molecule has 0 unspecified atom stereocenters. The van der Waals surface area contributed by atoms with Crippen molar-refractivity contribution in [3.05, 3.63) is 23.9 Å². The summed E-state index contributed by atoms with van der Waals surface area (Å²) in [5, 5.41) is 23.9. The highest BCUT2D eigenvalue weighted by atomic mass is 16.6. The van der Waals surface area contributed by atoms with E-state index in [0.29, 0.717) is 17.1 Å². The average molecular weight is 332 g/mol. The number of nitrogens with zero attached hydrogens (tertiary/aromatic N) is 5. The van der Waals surface area contributed by atoms with Crippen LogP contribution in [-0.2, 0) is 0 Å². The maximum absolute atomic E-state index is 11.5. The lowest BCUT2D eigenvalue weighted by atomic mass is 10.1. The zero-order valence-corrected chi connectivity index (χ0v) is 12.6. The lowest BCUT2D eigenvalue weighted by Crippen LogP contribution is -2.06. The molecular formula is C13H12N6O5. The van der Waals surface area contributed by atoms with Crippen LogP contribution >= 0.6 is 0 Å². The lowest BCUT2D eigenvalue weighted by Gasteiger charge is -2.10. The van der Waals surface area contributed by atoms with Crippen LogP contribution in [0.1, 0.15) is 10.5 Å². The second-order valence-electron chi connectivity index (χ2n) is 4.55. The number of rotatable bonds is 5. The van der Waals surface area contributed by atoms with Crippen LogP contribution in [0.5, 0.6) is 11.5 Å². The summed E-state index contributed by atoms with van der Waals surface area (Å²) in [6, 6.07) is 4.85. The molecule has 0 aliphatic heterocycles. The van der Waals surface area contributed by atoms with Gasteiger partial charge in [0.1, 0.15) is 5.69 Å². The summed E-state index contributed by atoms with van der Waals surface area (Å²) in [5.41, 5.74) is 5.97. The van der Waals surface area contributed by atoms with Gasteiger partial charge in [0.05, 0.1) is 14.2 Å². The Hall–Kier alpha value is -3.63. The third-order valence-corrected chi connectivity index (χ3v) is 3.23. The first-order valence-corrected chi connectivity index (χ1v) is 6.56. The van der Waals surface area contributed by atoms with E-state index >= 15 is 0 Å². The lowest BCUT2D eigenvalue weighted by molar-refractivity contribution is 0.0691. The number of carboxylic acids is 1. The fourth-order valence-electron chi connectivity index (χ4n) is 2.15. The molecule has 0 saturated heterocycles. The molecule has 0 aliphatic carbocycles. The molecular weight excluding hydrogens is 320 g/mol. The molecule has 3 aromatic rings. The van der Waals surface area contributed by atoms with E-state index in [-0.39, 0.29) is 23.0 Å². The monoisotopic (exact) mass is 332 g/mol. The van der Waals surface area contributed by atoms with Crippen molar-refractivity contribution in [1.29, 1.82) is 0 Å². The molecule has 0 atom stereocenters. The van der Waals surface area contributed by atoms with Gasteiger partial charge in [-0.2, -0.15) is 4.68 Å². The van der Waals surface area contributed by atoms with E-state index in [9.17, 15) is 9.90 Å². The number of hydrogen-bond donors (Lipinski definition) is 2. The summed E-state index contributed by atoms with van der Waals surface area (Å²) in [5.74, 6) is -0.399. The summed E-state index contributed by atoms with van der Waals surface area (Å²) < 4.78 is 16.1. The van der Waals surface area contributed by atoms with E-state index in [4.69, 9.17) is 15.2 Å². The zero-order valence-electron chi connectivity index (χ0n) is 12.6. The van der Waals surface area contributed by atoms with Gasteiger partial charge in [-0.25, -0.2) is 9.42 Å². The van der Waals surface area contributed by atoms with Crippen molar-refractivity contribution in [1.82, 2.24) is 25.3 Å². The van der Waals surface area contributed by atoms with Crippen molar-refractivity contribution in [2.24, 2.45) is 0 Å². The second kappa shape index (κ2) is 5.87. The number of nitrogens with two attached hydrogens (primary N) is 1. The maximum Gasteiger partial charge on any atom is 0.358 e. The number of carbonyl (C=O) groups is 1. The SMILES string of the molecule is COc1ccc(-c2c(C(=O)O)nnn2-c2nonc2N)cc1OC. The molecule has 2 aromatic heterocycles. The van der Waals surface area contributed by atoms with E-state index in [0.717, 1.165) is 4.68 Å². The molecule has 11 nitrogen and oxygen atoms in total. The van der Waals surface area contributed by atoms with Gasteiger partial charge in [0, 0.05) is 5.56 Å². The Labute approximate surface area is 134 Å². The highest BCUT2D eigenvalue weighted by Gasteiger charge is 2.25. The molecule has 3 rings (SSSR count). The largest absolute Gasteiger partial charge is 0.493 e. The number of anilines is 1. The van der Waals surface area contributed by atoms with Gasteiger partial charge in [-0.1, -0.05) is 5.21 Å².